The van der Waals surface area contributed by atoms with Crippen LogP contribution in [0, 0.1) is 13.8 Å². The van der Waals surface area contributed by atoms with Gasteiger partial charge in [-0.2, -0.15) is 0 Å². The van der Waals surface area contributed by atoms with Crippen molar-refractivity contribution >= 4 is 25.5 Å². The molecule has 0 saturated carbocycles. The number of sulfone groups is 1. The Morgan fingerprint density at radius 1 is 0.848 bits per heavy atom. The summed E-state index contributed by atoms with van der Waals surface area (Å²) in [5, 5.41) is 0. The zero-order valence-electron chi connectivity index (χ0n) is 19.2. The van der Waals surface area contributed by atoms with E-state index in [1.807, 2.05) is 50.2 Å². The highest BCUT2D eigenvalue weighted by atomic mass is 32.2. The molecule has 0 N–H and O–H groups in total. The van der Waals surface area contributed by atoms with E-state index in [1.165, 1.54) is 6.26 Å². The predicted octanol–water partition coefficient (Wildman–Crippen LogP) is 4.85. The van der Waals surface area contributed by atoms with Crippen molar-refractivity contribution in [3.05, 3.63) is 89.0 Å². The third kappa shape index (κ3) is 4.99. The minimum Gasteiger partial charge on any atom is -0.263 e. The van der Waals surface area contributed by atoms with Crippen molar-refractivity contribution in [1.82, 2.24) is 0 Å². The lowest BCUT2D eigenvalue weighted by Crippen LogP contribution is -2.44. The second kappa shape index (κ2) is 8.95. The van der Waals surface area contributed by atoms with Gasteiger partial charge < -0.3 is 0 Å². The maximum Gasteiger partial charge on any atom is 0.264 e. The number of fused-ring (bicyclic) bond motifs is 1. The Balaban J connectivity index is 1.70. The molecule has 0 spiro atoms. The lowest BCUT2D eigenvalue weighted by atomic mass is 9.93. The van der Waals surface area contributed by atoms with E-state index in [-0.39, 0.29) is 15.8 Å². The fraction of sp³-hybridized carbons (Fsp3) is 0.308. The molecule has 0 aliphatic carbocycles. The van der Waals surface area contributed by atoms with Gasteiger partial charge in [-0.15, -0.1) is 0 Å². The van der Waals surface area contributed by atoms with Crippen molar-refractivity contribution in [2.75, 3.05) is 10.6 Å². The SMILES string of the molecule is Cc1ccc(S(=O)(=O)N2c3cc(C)ccc3CCC2CCc2cccc(S(C)(=O)=O)c2)cc1. The molecule has 0 radical (unpaired) electrons. The number of hydrogen-bond acceptors (Lipinski definition) is 4. The molecule has 0 aromatic heterocycles. The molecule has 33 heavy (non-hydrogen) atoms. The van der Waals surface area contributed by atoms with Crippen molar-refractivity contribution < 1.29 is 16.8 Å². The normalized spacial score (nSPS) is 16.5. The Morgan fingerprint density at radius 2 is 1.55 bits per heavy atom. The molecule has 1 heterocycles. The van der Waals surface area contributed by atoms with Crippen LogP contribution in [0.1, 0.15) is 35.1 Å². The topological polar surface area (TPSA) is 71.5 Å². The molecule has 1 aliphatic heterocycles. The summed E-state index contributed by atoms with van der Waals surface area (Å²) in [5.74, 6) is 0. The van der Waals surface area contributed by atoms with Gasteiger partial charge >= 0.3 is 0 Å². The fourth-order valence-corrected chi connectivity index (χ4v) is 6.83. The molecule has 1 atom stereocenters. The number of aryl methyl sites for hydroxylation is 4. The highest BCUT2D eigenvalue weighted by Gasteiger charge is 2.36. The Bertz CT molecular complexity index is 1380. The second-order valence-corrected chi connectivity index (χ2v) is 12.7. The van der Waals surface area contributed by atoms with E-state index in [9.17, 15) is 16.8 Å². The first-order valence-corrected chi connectivity index (χ1v) is 14.4. The van der Waals surface area contributed by atoms with E-state index in [0.29, 0.717) is 19.3 Å². The monoisotopic (exact) mass is 483 g/mol. The summed E-state index contributed by atoms with van der Waals surface area (Å²) >= 11 is 0. The Labute approximate surface area is 197 Å². The number of anilines is 1. The minimum absolute atomic E-state index is 0.215. The summed E-state index contributed by atoms with van der Waals surface area (Å²) in [6.07, 6.45) is 3.92. The van der Waals surface area contributed by atoms with Gasteiger partial charge in [0.05, 0.1) is 15.5 Å². The summed E-state index contributed by atoms with van der Waals surface area (Å²) in [4.78, 5) is 0.570. The molecule has 1 aliphatic rings. The van der Waals surface area contributed by atoms with E-state index in [2.05, 4.69) is 0 Å². The van der Waals surface area contributed by atoms with E-state index in [0.717, 1.165) is 34.4 Å². The Morgan fingerprint density at radius 3 is 2.24 bits per heavy atom. The zero-order chi connectivity index (χ0) is 23.8. The first kappa shape index (κ1) is 23.5. The van der Waals surface area contributed by atoms with Gasteiger partial charge in [-0.1, -0.05) is 42.0 Å². The van der Waals surface area contributed by atoms with Crippen LogP contribution < -0.4 is 4.31 Å². The molecule has 1 unspecified atom stereocenters. The van der Waals surface area contributed by atoms with Crippen LogP contribution in [-0.4, -0.2) is 29.1 Å². The fourth-order valence-electron chi connectivity index (χ4n) is 4.40. The Kier molecular flexibility index (Phi) is 6.38. The number of nitrogens with zero attached hydrogens (tertiary/aromatic N) is 1. The Hall–Kier alpha value is -2.64. The van der Waals surface area contributed by atoms with Gasteiger partial charge in [-0.25, -0.2) is 16.8 Å². The summed E-state index contributed by atoms with van der Waals surface area (Å²) in [5.41, 5.74) is 4.69. The summed E-state index contributed by atoms with van der Waals surface area (Å²) in [6, 6.07) is 19.7. The third-order valence-electron chi connectivity index (χ3n) is 6.23. The average Bonchev–Trinajstić information content (AvgIpc) is 2.77. The minimum atomic E-state index is -3.76. The molecule has 7 heteroatoms. The highest BCUT2D eigenvalue weighted by Crippen LogP contribution is 2.37. The lowest BCUT2D eigenvalue weighted by molar-refractivity contribution is 0.523. The first-order chi connectivity index (χ1) is 15.6. The van der Waals surface area contributed by atoms with Gasteiger partial charge in [-0.05, 0) is 86.6 Å². The van der Waals surface area contributed by atoms with E-state index >= 15 is 0 Å². The summed E-state index contributed by atoms with van der Waals surface area (Å²) in [7, 11) is -7.05. The predicted molar refractivity (Wildman–Crippen MR) is 132 cm³/mol. The molecular weight excluding hydrogens is 454 g/mol. The quantitative estimate of drug-likeness (QED) is 0.502. The van der Waals surface area contributed by atoms with Crippen LogP contribution in [0.3, 0.4) is 0 Å². The maximum absolute atomic E-state index is 13.8. The van der Waals surface area contributed by atoms with E-state index < -0.39 is 19.9 Å². The van der Waals surface area contributed by atoms with Gasteiger partial charge in [0.2, 0.25) is 0 Å². The van der Waals surface area contributed by atoms with E-state index in [1.54, 1.807) is 34.6 Å². The van der Waals surface area contributed by atoms with Crippen molar-refractivity contribution in [3.63, 3.8) is 0 Å². The number of sulfonamides is 1. The molecule has 0 bridgehead atoms. The van der Waals surface area contributed by atoms with Crippen LogP contribution in [-0.2, 0) is 32.7 Å². The van der Waals surface area contributed by atoms with Crippen LogP contribution in [0.2, 0.25) is 0 Å². The van der Waals surface area contributed by atoms with Crippen LogP contribution in [0.5, 0.6) is 0 Å². The summed E-state index contributed by atoms with van der Waals surface area (Å²) in [6.45, 7) is 3.90. The molecule has 0 amide bonds. The molecule has 5 nitrogen and oxygen atoms in total. The molecule has 3 aromatic rings. The smallest absolute Gasteiger partial charge is 0.263 e. The molecule has 0 fully saturated rings. The van der Waals surface area contributed by atoms with Crippen molar-refractivity contribution in [2.24, 2.45) is 0 Å². The van der Waals surface area contributed by atoms with Crippen LogP contribution in [0.25, 0.3) is 0 Å². The molecule has 3 aromatic carbocycles. The number of benzene rings is 3. The van der Waals surface area contributed by atoms with Crippen LogP contribution in [0.4, 0.5) is 5.69 Å². The van der Waals surface area contributed by atoms with E-state index in [4.69, 9.17) is 0 Å². The zero-order valence-corrected chi connectivity index (χ0v) is 20.8. The second-order valence-electron chi connectivity index (χ2n) is 8.90. The molecule has 4 rings (SSSR count). The third-order valence-corrected chi connectivity index (χ3v) is 9.22. The van der Waals surface area contributed by atoms with Crippen LogP contribution in [0.15, 0.2) is 76.5 Å². The van der Waals surface area contributed by atoms with Gasteiger partial charge in [-0.3, -0.25) is 4.31 Å². The molecule has 174 valence electrons. The van der Waals surface area contributed by atoms with Gasteiger partial charge in [0.25, 0.3) is 10.0 Å². The number of rotatable bonds is 6. The van der Waals surface area contributed by atoms with Crippen molar-refractivity contribution in [2.45, 2.75) is 55.4 Å². The van der Waals surface area contributed by atoms with Crippen LogP contribution >= 0.6 is 0 Å². The first-order valence-electron chi connectivity index (χ1n) is 11.1. The van der Waals surface area contributed by atoms with Crippen molar-refractivity contribution in [1.29, 1.82) is 0 Å². The maximum atomic E-state index is 13.8. The summed E-state index contributed by atoms with van der Waals surface area (Å²) < 4.78 is 53.1. The lowest BCUT2D eigenvalue weighted by Gasteiger charge is -2.38. The van der Waals surface area contributed by atoms with Gasteiger partial charge in [0, 0.05) is 12.3 Å². The highest BCUT2D eigenvalue weighted by molar-refractivity contribution is 7.93. The van der Waals surface area contributed by atoms with Crippen molar-refractivity contribution in [3.8, 4) is 0 Å². The van der Waals surface area contributed by atoms with Gasteiger partial charge in [0.15, 0.2) is 9.84 Å². The molecule has 0 saturated heterocycles. The average molecular weight is 484 g/mol. The number of hydrogen-bond donors (Lipinski definition) is 0. The largest absolute Gasteiger partial charge is 0.264 e. The van der Waals surface area contributed by atoms with Gasteiger partial charge in [0.1, 0.15) is 0 Å². The standard InChI is InChI=1S/C26H29NO4S2/c1-19-8-15-24(16-9-19)33(30,31)27-23(14-12-22-11-7-20(2)17-26(22)27)13-10-21-5-4-6-25(18-21)32(3,28)29/h4-9,11,15-18,23H,10,12-14H2,1-3H3. The molecular formula is C26H29NO4S2.